The Kier molecular flexibility index (Phi) is 8.18. The number of methoxy groups -OCH3 is 1. The van der Waals surface area contributed by atoms with E-state index in [-0.39, 0.29) is 35.4 Å². The van der Waals surface area contributed by atoms with E-state index in [4.69, 9.17) is 19.2 Å². The molecule has 10 nitrogen and oxygen atoms in total. The maximum atomic E-state index is 14.5. The highest BCUT2D eigenvalue weighted by atomic mass is 32.1. The molecule has 1 amide bonds. The van der Waals surface area contributed by atoms with Crippen LogP contribution in [0.1, 0.15) is 36.6 Å². The molecule has 0 bridgehead atoms. The van der Waals surface area contributed by atoms with E-state index >= 15 is 0 Å². The molecule has 0 radical (unpaired) electrons. The summed E-state index contributed by atoms with van der Waals surface area (Å²) >= 11 is 1.06. The van der Waals surface area contributed by atoms with Gasteiger partial charge in [-0.05, 0) is 37.6 Å². The number of rotatable bonds is 8. The van der Waals surface area contributed by atoms with Gasteiger partial charge in [-0.1, -0.05) is 72.0 Å². The van der Waals surface area contributed by atoms with E-state index in [1.807, 2.05) is 30.3 Å². The van der Waals surface area contributed by atoms with Crippen LogP contribution in [0.4, 0.5) is 5.69 Å². The second kappa shape index (κ2) is 12.4. The van der Waals surface area contributed by atoms with E-state index in [9.17, 15) is 19.2 Å². The first-order valence-electron chi connectivity index (χ1n) is 14.4. The fourth-order valence-corrected chi connectivity index (χ4v) is 6.68. The van der Waals surface area contributed by atoms with Gasteiger partial charge in [-0.25, -0.2) is 9.79 Å². The van der Waals surface area contributed by atoms with Gasteiger partial charge in [0.25, 0.3) is 11.5 Å². The summed E-state index contributed by atoms with van der Waals surface area (Å²) in [5, 5.41) is 0. The zero-order chi connectivity index (χ0) is 31.7. The number of benzene rings is 3. The van der Waals surface area contributed by atoms with Crippen LogP contribution in [0.15, 0.2) is 94.2 Å². The highest BCUT2D eigenvalue weighted by Crippen LogP contribution is 2.37. The Morgan fingerprint density at radius 2 is 1.58 bits per heavy atom. The maximum Gasteiger partial charge on any atom is 0.338 e. The van der Waals surface area contributed by atoms with E-state index in [0.717, 1.165) is 11.3 Å². The normalized spacial score (nSPS) is 16.6. The zero-order valence-electron chi connectivity index (χ0n) is 24.8. The number of fused-ring (bicyclic) bond motifs is 2. The van der Waals surface area contributed by atoms with Crippen LogP contribution < -0.4 is 24.5 Å². The smallest absolute Gasteiger partial charge is 0.338 e. The molecule has 45 heavy (non-hydrogen) atoms. The third-order valence-electron chi connectivity index (χ3n) is 7.52. The van der Waals surface area contributed by atoms with E-state index in [1.165, 1.54) is 9.47 Å². The Balaban J connectivity index is 1.65. The summed E-state index contributed by atoms with van der Waals surface area (Å²) in [6.07, 6.45) is 0. The topological polar surface area (TPSA) is 116 Å². The molecule has 11 heteroatoms. The van der Waals surface area contributed by atoms with Crippen LogP contribution in [0.5, 0.6) is 5.75 Å². The second-order valence-electron chi connectivity index (χ2n) is 10.1. The Hall–Kier alpha value is -5.29. The molecule has 0 fully saturated rings. The molecule has 1 atom stereocenters. The summed E-state index contributed by atoms with van der Waals surface area (Å²) in [5.74, 6) is -1.06. The Morgan fingerprint density at radius 3 is 2.27 bits per heavy atom. The highest BCUT2D eigenvalue weighted by molar-refractivity contribution is 7.07. The molecule has 0 saturated heterocycles. The number of hydrogen-bond donors (Lipinski definition) is 0. The first-order chi connectivity index (χ1) is 21.9. The number of aromatic nitrogens is 1. The van der Waals surface area contributed by atoms with Gasteiger partial charge in [0, 0.05) is 11.1 Å². The first kappa shape index (κ1) is 29.8. The maximum absolute atomic E-state index is 14.5. The van der Waals surface area contributed by atoms with E-state index in [2.05, 4.69) is 0 Å². The van der Waals surface area contributed by atoms with Gasteiger partial charge in [-0.3, -0.25) is 23.9 Å². The van der Waals surface area contributed by atoms with E-state index in [1.54, 1.807) is 69.5 Å². The van der Waals surface area contributed by atoms with Crippen molar-refractivity contribution < 1.29 is 28.6 Å². The summed E-state index contributed by atoms with van der Waals surface area (Å²) in [6, 6.07) is 22.4. The Morgan fingerprint density at radius 1 is 0.889 bits per heavy atom. The predicted octanol–water partition coefficient (Wildman–Crippen LogP) is 3.22. The van der Waals surface area contributed by atoms with Gasteiger partial charge in [0.2, 0.25) is 0 Å². The molecule has 6 rings (SSSR count). The molecule has 3 heterocycles. The van der Waals surface area contributed by atoms with Crippen molar-refractivity contribution in [1.82, 2.24) is 4.57 Å². The van der Waals surface area contributed by atoms with Crippen LogP contribution in [-0.2, 0) is 23.9 Å². The summed E-state index contributed by atoms with van der Waals surface area (Å²) in [5.41, 5.74) is 2.55. The number of thiazole rings is 1. The molecular formula is C34H29N3O7S. The molecule has 2 aliphatic heterocycles. The minimum absolute atomic E-state index is 0.121. The lowest BCUT2D eigenvalue weighted by Crippen LogP contribution is -2.41. The summed E-state index contributed by atoms with van der Waals surface area (Å²) < 4.78 is 17.6. The molecule has 1 aromatic heterocycles. The van der Waals surface area contributed by atoms with Crippen LogP contribution in [0.2, 0.25) is 0 Å². The van der Waals surface area contributed by atoms with Gasteiger partial charge in [0.15, 0.2) is 4.80 Å². The van der Waals surface area contributed by atoms with E-state index < -0.39 is 29.4 Å². The molecule has 228 valence electrons. The molecule has 2 aliphatic rings. The number of para-hydroxylation sites is 1. The van der Waals surface area contributed by atoms with Crippen LogP contribution in [-0.4, -0.2) is 49.3 Å². The number of nitrogens with zero attached hydrogens (tertiary/aromatic N) is 3. The number of amides is 1. The van der Waals surface area contributed by atoms with Crippen molar-refractivity contribution >= 4 is 46.1 Å². The average molecular weight is 624 g/mol. The van der Waals surface area contributed by atoms with Crippen LogP contribution in [0.3, 0.4) is 0 Å². The minimum Gasteiger partial charge on any atom is -0.497 e. The SMILES string of the molecule is CCOC(=O)CN1C(=O)/C(=c2/sc3n(c2=O)[C@@H](c2ccc(OC)cc2)C(C(=O)OCC)=C(c2ccccc2)N=3)c2ccccc21. The molecule has 0 spiro atoms. The van der Waals surface area contributed by atoms with Crippen molar-refractivity contribution in [2.75, 3.05) is 31.8 Å². The van der Waals surface area contributed by atoms with Gasteiger partial charge in [0.05, 0.1) is 48.9 Å². The molecular weight excluding hydrogens is 594 g/mol. The predicted molar refractivity (Wildman–Crippen MR) is 168 cm³/mol. The van der Waals surface area contributed by atoms with Gasteiger partial charge >= 0.3 is 11.9 Å². The monoisotopic (exact) mass is 623 g/mol. The lowest BCUT2D eigenvalue weighted by molar-refractivity contribution is -0.142. The molecule has 3 aromatic carbocycles. The fourth-order valence-electron chi connectivity index (χ4n) is 5.58. The third-order valence-corrected chi connectivity index (χ3v) is 8.58. The molecule has 0 N–H and O–H groups in total. The van der Waals surface area contributed by atoms with Crippen molar-refractivity contribution in [3.8, 4) is 5.75 Å². The first-order valence-corrected chi connectivity index (χ1v) is 15.2. The van der Waals surface area contributed by atoms with Crippen molar-refractivity contribution in [1.29, 1.82) is 0 Å². The van der Waals surface area contributed by atoms with Crippen LogP contribution in [0.25, 0.3) is 11.3 Å². The third kappa shape index (κ3) is 5.25. The van der Waals surface area contributed by atoms with Crippen molar-refractivity contribution in [2.45, 2.75) is 19.9 Å². The van der Waals surface area contributed by atoms with Crippen LogP contribution >= 0.6 is 11.3 Å². The molecule has 0 aliphatic carbocycles. The van der Waals surface area contributed by atoms with Crippen molar-refractivity contribution in [3.63, 3.8) is 0 Å². The Labute approximate surface area is 262 Å². The standard InChI is InChI=1S/C34H29N3O7S/c1-4-43-25(38)19-36-24-14-10-9-13-23(24)26(31(36)39)30-32(40)37-29(21-15-17-22(42-3)18-16-21)27(33(41)44-5-2)28(35-34(37)45-30)20-11-7-6-8-12-20/h6-18,29H,4-5,19H2,1-3H3/b30-26+/t29-/m0/s1. The average Bonchev–Trinajstić information content (AvgIpc) is 3.52. The minimum atomic E-state index is -0.918. The Bertz CT molecular complexity index is 2030. The molecule has 4 aromatic rings. The number of hydrogen-bond acceptors (Lipinski definition) is 9. The number of carbonyl (C=O) groups is 3. The highest BCUT2D eigenvalue weighted by Gasteiger charge is 2.39. The van der Waals surface area contributed by atoms with Crippen LogP contribution in [0, 0.1) is 0 Å². The van der Waals surface area contributed by atoms with Gasteiger partial charge in [-0.15, -0.1) is 0 Å². The van der Waals surface area contributed by atoms with E-state index in [0.29, 0.717) is 38.6 Å². The number of carbonyl (C=O) groups excluding carboxylic acids is 3. The lowest BCUT2D eigenvalue weighted by atomic mass is 9.93. The molecule has 0 unspecified atom stereocenters. The van der Waals surface area contributed by atoms with Gasteiger partial charge in [0.1, 0.15) is 16.8 Å². The quantitative estimate of drug-likeness (QED) is 0.277. The van der Waals surface area contributed by atoms with Crippen molar-refractivity contribution in [3.05, 3.63) is 121 Å². The summed E-state index contributed by atoms with van der Waals surface area (Å²) in [4.78, 5) is 61.1. The fraction of sp³-hybridized carbons (Fsp3) is 0.206. The number of esters is 2. The number of anilines is 1. The van der Waals surface area contributed by atoms with Crippen molar-refractivity contribution in [2.24, 2.45) is 4.99 Å². The number of ether oxygens (including phenoxy) is 3. The summed E-state index contributed by atoms with van der Waals surface area (Å²) in [7, 11) is 1.55. The molecule has 0 saturated carbocycles. The summed E-state index contributed by atoms with van der Waals surface area (Å²) in [6.45, 7) is 3.40. The van der Waals surface area contributed by atoms with Gasteiger partial charge < -0.3 is 14.2 Å². The zero-order valence-corrected chi connectivity index (χ0v) is 25.6. The lowest BCUT2D eigenvalue weighted by Gasteiger charge is -2.26. The van der Waals surface area contributed by atoms with Gasteiger partial charge in [-0.2, -0.15) is 0 Å². The largest absolute Gasteiger partial charge is 0.497 e. The second-order valence-corrected chi connectivity index (χ2v) is 11.1.